The van der Waals surface area contributed by atoms with Gasteiger partial charge in [0.1, 0.15) is 5.83 Å². The quantitative estimate of drug-likeness (QED) is 0.478. The molecular weight excluding hydrogens is 424 g/mol. The van der Waals surface area contributed by atoms with Gasteiger partial charge < -0.3 is 0 Å². The molecule has 0 radical (unpaired) electrons. The fourth-order valence-corrected chi connectivity index (χ4v) is 1.72. The van der Waals surface area contributed by atoms with Gasteiger partial charge in [0.25, 0.3) is 6.08 Å². The summed E-state index contributed by atoms with van der Waals surface area (Å²) in [5.41, 5.74) is -14.2. The minimum atomic E-state index is -8.28. The lowest BCUT2D eigenvalue weighted by atomic mass is 9.87. The van der Waals surface area contributed by atoms with Crippen LogP contribution in [-0.2, 0) is 0 Å². The average Bonchev–Trinajstić information content (AvgIpc) is 3.07. The van der Waals surface area contributed by atoms with Gasteiger partial charge in [-0.1, -0.05) is 0 Å². The van der Waals surface area contributed by atoms with Crippen molar-refractivity contribution in [3.8, 4) is 0 Å². The molecule has 0 heterocycles. The molecule has 0 aromatic carbocycles. The van der Waals surface area contributed by atoms with E-state index in [4.69, 9.17) is 0 Å². The Hall–Kier alpha value is -1.64. The molecule has 0 amide bonds. The molecule has 0 aromatic rings. The highest BCUT2D eigenvalue weighted by atomic mass is 19.4. The van der Waals surface area contributed by atoms with Gasteiger partial charge in [0.05, 0.1) is 11.1 Å². The molecule has 0 N–H and O–H groups in total. The summed E-state index contributed by atoms with van der Waals surface area (Å²) in [7, 11) is 0. The summed E-state index contributed by atoms with van der Waals surface area (Å²) in [6.45, 7) is 0. The lowest BCUT2D eigenvalue weighted by Gasteiger charge is -2.41. The zero-order chi connectivity index (χ0) is 21.3. The van der Waals surface area contributed by atoms with Gasteiger partial charge >= 0.3 is 35.8 Å². The maximum atomic E-state index is 13.3. The summed E-state index contributed by atoms with van der Waals surface area (Å²) in [5.74, 6) is -26.2. The Morgan fingerprint density at radius 3 is 1.15 bits per heavy atom. The van der Waals surface area contributed by atoms with Crippen molar-refractivity contribution < 1.29 is 70.2 Å². The van der Waals surface area contributed by atoms with Gasteiger partial charge in [0.15, 0.2) is 0 Å². The van der Waals surface area contributed by atoms with E-state index in [0.29, 0.717) is 0 Å². The summed E-state index contributed by atoms with van der Waals surface area (Å²) in [6.07, 6.45) is -19.3. The molecule has 0 spiro atoms. The van der Waals surface area contributed by atoms with E-state index in [1.54, 1.807) is 0 Å². The van der Waals surface area contributed by atoms with Gasteiger partial charge in [0, 0.05) is 0 Å². The predicted molar refractivity (Wildman–Crippen MR) is 48.2 cm³/mol. The second-order valence-corrected chi connectivity index (χ2v) is 4.70. The molecule has 0 saturated heterocycles. The molecule has 0 nitrogen and oxygen atoms in total. The Bertz CT molecular complexity index is 637. The Labute approximate surface area is 130 Å². The molecule has 1 aliphatic rings. The van der Waals surface area contributed by atoms with E-state index >= 15 is 0 Å². The summed E-state index contributed by atoms with van der Waals surface area (Å²) in [4.78, 5) is 0. The molecule has 0 atom stereocenters. The van der Waals surface area contributed by atoms with Crippen molar-refractivity contribution in [1.29, 1.82) is 0 Å². The van der Waals surface area contributed by atoms with E-state index in [1.807, 2.05) is 0 Å². The number of hydrogen-bond acceptors (Lipinski definition) is 0. The standard InChI is InChI=1S/C10F16/c11-3-1(4(12)13)2(3)5(14,15)7(17,18)8(19,20)6(16,9(21,22)23)10(24,25)26. The Morgan fingerprint density at radius 1 is 0.577 bits per heavy atom. The molecule has 0 aromatic heterocycles. The second-order valence-electron chi connectivity index (χ2n) is 4.70. The van der Waals surface area contributed by atoms with Crippen LogP contribution in [0.5, 0.6) is 0 Å². The molecule has 1 aliphatic carbocycles. The highest BCUT2D eigenvalue weighted by molar-refractivity contribution is 5.67. The molecule has 152 valence electrons. The van der Waals surface area contributed by atoms with Crippen LogP contribution in [0.1, 0.15) is 0 Å². The first-order valence-corrected chi connectivity index (χ1v) is 5.52. The lowest BCUT2D eigenvalue weighted by Crippen LogP contribution is -2.73. The predicted octanol–water partition coefficient (Wildman–Crippen LogP) is 6.11. The van der Waals surface area contributed by atoms with Gasteiger partial charge in [-0.2, -0.15) is 61.5 Å². The van der Waals surface area contributed by atoms with Gasteiger partial charge in [-0.15, -0.1) is 0 Å². The third-order valence-corrected chi connectivity index (χ3v) is 3.13. The smallest absolute Gasteiger partial charge is 0.216 e. The Morgan fingerprint density at radius 2 is 0.923 bits per heavy atom. The molecule has 16 heteroatoms. The fourth-order valence-electron chi connectivity index (χ4n) is 1.72. The minimum Gasteiger partial charge on any atom is -0.216 e. The molecule has 0 aliphatic heterocycles. The van der Waals surface area contributed by atoms with Crippen LogP contribution in [-0.4, -0.2) is 35.8 Å². The van der Waals surface area contributed by atoms with Gasteiger partial charge in [0.2, 0.25) is 0 Å². The van der Waals surface area contributed by atoms with Crippen LogP contribution in [0.4, 0.5) is 70.2 Å². The number of alkyl halides is 13. The third-order valence-electron chi connectivity index (χ3n) is 3.13. The first-order valence-electron chi connectivity index (χ1n) is 5.52. The summed E-state index contributed by atoms with van der Waals surface area (Å²) in [6, 6.07) is 0. The van der Waals surface area contributed by atoms with Crippen LogP contribution in [0.3, 0.4) is 0 Å². The largest absolute Gasteiger partial charge is 0.438 e. The first-order chi connectivity index (χ1) is 11.1. The van der Waals surface area contributed by atoms with Crippen LogP contribution >= 0.6 is 0 Å². The fraction of sp³-hybridized carbons (Fsp3) is 0.600. The second kappa shape index (κ2) is 5.43. The van der Waals surface area contributed by atoms with Crippen molar-refractivity contribution in [2.45, 2.75) is 35.8 Å². The monoisotopic (exact) mass is 424 g/mol. The van der Waals surface area contributed by atoms with Gasteiger partial charge in [-0.3, -0.25) is 0 Å². The van der Waals surface area contributed by atoms with Gasteiger partial charge in [-0.25, -0.2) is 8.78 Å². The highest BCUT2D eigenvalue weighted by Gasteiger charge is 2.94. The number of rotatable bonds is 4. The van der Waals surface area contributed by atoms with Crippen molar-refractivity contribution in [2.75, 3.05) is 0 Å². The molecule has 1 rings (SSSR count). The van der Waals surface area contributed by atoms with Gasteiger partial charge in [-0.05, 0) is 0 Å². The molecular formula is C10F16. The van der Waals surface area contributed by atoms with E-state index in [2.05, 4.69) is 0 Å². The van der Waals surface area contributed by atoms with Crippen LogP contribution in [0.15, 0.2) is 23.1 Å². The topological polar surface area (TPSA) is 0 Å². The van der Waals surface area contributed by atoms with Crippen LogP contribution in [0.25, 0.3) is 0 Å². The summed E-state index contributed by atoms with van der Waals surface area (Å²) >= 11 is 0. The van der Waals surface area contributed by atoms with Crippen molar-refractivity contribution in [2.24, 2.45) is 0 Å². The molecule has 26 heavy (non-hydrogen) atoms. The number of halogens is 16. The Balaban J connectivity index is 3.67. The SMILES string of the molecule is FC(F)=C1C(F)=C1C(F)(F)C(F)(F)C(F)(F)C(F)(C(F)(F)F)C(F)(F)F. The molecule has 0 fully saturated rings. The van der Waals surface area contributed by atoms with E-state index in [9.17, 15) is 70.2 Å². The number of hydrogen-bond donors (Lipinski definition) is 0. The lowest BCUT2D eigenvalue weighted by molar-refractivity contribution is -0.441. The number of allylic oxidation sites excluding steroid dienone is 3. The van der Waals surface area contributed by atoms with E-state index in [1.165, 1.54) is 0 Å². The zero-order valence-electron chi connectivity index (χ0n) is 11.0. The van der Waals surface area contributed by atoms with Crippen LogP contribution in [0.2, 0.25) is 0 Å². The van der Waals surface area contributed by atoms with E-state index < -0.39 is 58.8 Å². The van der Waals surface area contributed by atoms with Crippen LogP contribution < -0.4 is 0 Å². The van der Waals surface area contributed by atoms with Crippen molar-refractivity contribution in [1.82, 2.24) is 0 Å². The first kappa shape index (κ1) is 22.4. The molecule has 0 bridgehead atoms. The van der Waals surface area contributed by atoms with Crippen molar-refractivity contribution in [3.63, 3.8) is 0 Å². The van der Waals surface area contributed by atoms with Crippen LogP contribution in [0, 0.1) is 0 Å². The average molecular weight is 424 g/mol. The molecule has 0 saturated carbocycles. The third kappa shape index (κ3) is 2.54. The maximum Gasteiger partial charge on any atom is 0.438 e. The summed E-state index contributed by atoms with van der Waals surface area (Å²) in [5, 5.41) is 0. The highest BCUT2D eigenvalue weighted by Crippen LogP contribution is 2.66. The van der Waals surface area contributed by atoms with E-state index in [0.717, 1.165) is 0 Å². The van der Waals surface area contributed by atoms with Crippen molar-refractivity contribution in [3.05, 3.63) is 23.1 Å². The maximum absolute atomic E-state index is 13.3. The van der Waals surface area contributed by atoms with E-state index in [-0.39, 0.29) is 0 Å². The summed E-state index contributed by atoms with van der Waals surface area (Å²) < 4.78 is 202. The normalized spacial score (nSPS) is 17.8. The zero-order valence-corrected chi connectivity index (χ0v) is 11.0. The molecule has 0 unspecified atom stereocenters. The Kier molecular flexibility index (Phi) is 4.68. The van der Waals surface area contributed by atoms with Crippen molar-refractivity contribution >= 4 is 0 Å². The minimum absolute atomic E-state index is 2.70.